The molecule has 2 heterocycles. The molecule has 0 saturated heterocycles. The zero-order valence-corrected chi connectivity index (χ0v) is 12.5. The second-order valence-corrected chi connectivity index (χ2v) is 7.63. The molecule has 1 aromatic carbocycles. The van der Waals surface area contributed by atoms with E-state index in [1.165, 1.54) is 27.4 Å². The van der Waals surface area contributed by atoms with E-state index in [4.69, 9.17) is 0 Å². The van der Waals surface area contributed by atoms with Crippen LogP contribution in [0.2, 0.25) is 0 Å². The molecule has 106 valence electrons. The largest absolute Gasteiger partial charge is 0.246 e. The molecule has 2 aromatic rings. The summed E-state index contributed by atoms with van der Waals surface area (Å²) in [4.78, 5) is 0.975. The highest BCUT2D eigenvalue weighted by atomic mass is 32.2. The molecule has 0 aliphatic carbocycles. The van der Waals surface area contributed by atoms with E-state index in [0.29, 0.717) is 13.0 Å². The molecule has 1 aliphatic heterocycles. The Morgan fingerprint density at radius 1 is 1.30 bits per heavy atom. The van der Waals surface area contributed by atoms with Crippen LogP contribution in [-0.4, -0.2) is 19.3 Å². The minimum atomic E-state index is -3.80. The first-order valence-corrected chi connectivity index (χ1v) is 8.66. The molecule has 1 unspecified atom stereocenters. The van der Waals surface area contributed by atoms with Crippen LogP contribution in [0.5, 0.6) is 0 Å². The van der Waals surface area contributed by atoms with Crippen LogP contribution in [0.4, 0.5) is 4.39 Å². The summed E-state index contributed by atoms with van der Waals surface area (Å²) in [5.41, 5.74) is 1.03. The lowest BCUT2D eigenvalue weighted by Gasteiger charge is -2.32. The first-order valence-electron chi connectivity index (χ1n) is 6.34. The Hall–Kier alpha value is -1.24. The molecule has 6 heteroatoms. The fourth-order valence-corrected chi connectivity index (χ4v) is 5.24. The van der Waals surface area contributed by atoms with E-state index >= 15 is 0 Å². The molecule has 3 rings (SSSR count). The molecular weight excluding hydrogens is 297 g/mol. The average Bonchev–Trinajstić information content (AvgIpc) is 2.88. The van der Waals surface area contributed by atoms with Crippen molar-refractivity contribution in [1.82, 2.24) is 4.31 Å². The quantitative estimate of drug-likeness (QED) is 0.854. The number of hydrogen-bond donors (Lipinski definition) is 0. The molecule has 0 fully saturated rings. The highest BCUT2D eigenvalue weighted by molar-refractivity contribution is 7.89. The van der Waals surface area contributed by atoms with Crippen LogP contribution in [0.1, 0.15) is 23.4 Å². The predicted octanol–water partition coefficient (Wildman–Crippen LogP) is 3.20. The summed E-state index contributed by atoms with van der Waals surface area (Å²) in [7, 11) is -3.80. The summed E-state index contributed by atoms with van der Waals surface area (Å²) in [6.07, 6.45) is 0.686. The Labute approximate surface area is 121 Å². The normalized spacial score (nSPS) is 19.8. The van der Waals surface area contributed by atoms with Crippen LogP contribution in [0.15, 0.2) is 40.6 Å². The Kier molecular flexibility index (Phi) is 3.40. The second kappa shape index (κ2) is 4.95. The first kappa shape index (κ1) is 13.7. The number of rotatable bonds is 2. The van der Waals surface area contributed by atoms with Crippen LogP contribution in [-0.2, 0) is 16.4 Å². The van der Waals surface area contributed by atoms with Crippen molar-refractivity contribution in [3.05, 3.63) is 52.0 Å². The van der Waals surface area contributed by atoms with Gasteiger partial charge in [-0.3, -0.25) is 0 Å². The Balaban J connectivity index is 2.04. The third kappa shape index (κ3) is 2.08. The zero-order valence-electron chi connectivity index (χ0n) is 10.9. The van der Waals surface area contributed by atoms with Crippen molar-refractivity contribution in [1.29, 1.82) is 0 Å². The van der Waals surface area contributed by atoms with E-state index in [1.807, 2.05) is 18.4 Å². The maximum atomic E-state index is 13.8. The second-order valence-electron chi connectivity index (χ2n) is 4.77. The monoisotopic (exact) mass is 311 g/mol. The summed E-state index contributed by atoms with van der Waals surface area (Å²) in [5.74, 6) is -0.698. The number of hydrogen-bond acceptors (Lipinski definition) is 3. The van der Waals surface area contributed by atoms with Gasteiger partial charge in [0, 0.05) is 17.5 Å². The lowest BCUT2D eigenvalue weighted by atomic mass is 10.0. The van der Waals surface area contributed by atoms with Crippen LogP contribution in [0, 0.1) is 5.82 Å². The van der Waals surface area contributed by atoms with Crippen LogP contribution >= 0.6 is 11.3 Å². The van der Waals surface area contributed by atoms with Gasteiger partial charge in [0.1, 0.15) is 10.7 Å². The topological polar surface area (TPSA) is 37.4 Å². The van der Waals surface area contributed by atoms with E-state index in [1.54, 1.807) is 17.4 Å². The minimum absolute atomic E-state index is 0.245. The molecule has 1 aliphatic rings. The van der Waals surface area contributed by atoms with Crippen molar-refractivity contribution in [2.45, 2.75) is 24.3 Å². The van der Waals surface area contributed by atoms with Crippen LogP contribution < -0.4 is 0 Å². The van der Waals surface area contributed by atoms with Gasteiger partial charge in [-0.15, -0.1) is 11.3 Å². The standard InChI is InChI=1S/C14H14FNO2S2/c1-10-11-7-9-19-13(11)6-8-16(10)20(17,18)14-5-3-2-4-12(14)15/h2-5,7,9-10H,6,8H2,1H3. The summed E-state index contributed by atoms with van der Waals surface area (Å²) in [6, 6.07) is 7.23. The molecular formula is C14H14FNO2S2. The summed E-state index contributed by atoms with van der Waals surface area (Å²) in [6.45, 7) is 2.24. The molecule has 1 atom stereocenters. The minimum Gasteiger partial charge on any atom is -0.207 e. The van der Waals surface area contributed by atoms with Crippen molar-refractivity contribution < 1.29 is 12.8 Å². The lowest BCUT2D eigenvalue weighted by Crippen LogP contribution is -2.38. The van der Waals surface area contributed by atoms with Gasteiger partial charge in [-0.05, 0) is 42.5 Å². The number of sulfonamides is 1. The third-order valence-electron chi connectivity index (χ3n) is 3.64. The molecule has 0 N–H and O–H groups in total. The predicted molar refractivity (Wildman–Crippen MR) is 76.7 cm³/mol. The fraction of sp³-hybridized carbons (Fsp3) is 0.286. The van der Waals surface area contributed by atoms with Crippen LogP contribution in [0.25, 0.3) is 0 Å². The maximum absolute atomic E-state index is 13.8. The summed E-state index contributed by atoms with van der Waals surface area (Å²) in [5, 5.41) is 1.97. The molecule has 1 aromatic heterocycles. The van der Waals surface area contributed by atoms with Crippen molar-refractivity contribution in [2.75, 3.05) is 6.54 Å². The molecule has 0 spiro atoms. The van der Waals surface area contributed by atoms with Crippen molar-refractivity contribution >= 4 is 21.4 Å². The van der Waals surface area contributed by atoms with Crippen LogP contribution in [0.3, 0.4) is 0 Å². The number of benzene rings is 1. The zero-order chi connectivity index (χ0) is 14.3. The van der Waals surface area contributed by atoms with E-state index in [9.17, 15) is 12.8 Å². The Morgan fingerprint density at radius 3 is 2.80 bits per heavy atom. The molecule has 0 radical (unpaired) electrons. The van der Waals surface area contributed by atoms with Crippen molar-refractivity contribution in [2.24, 2.45) is 0 Å². The van der Waals surface area contributed by atoms with Gasteiger partial charge in [-0.1, -0.05) is 12.1 Å². The van der Waals surface area contributed by atoms with Crippen molar-refractivity contribution in [3.8, 4) is 0 Å². The molecule has 0 saturated carbocycles. The average molecular weight is 311 g/mol. The number of nitrogens with zero attached hydrogens (tertiary/aromatic N) is 1. The van der Waals surface area contributed by atoms with Gasteiger partial charge in [-0.2, -0.15) is 4.31 Å². The highest BCUT2D eigenvalue weighted by Crippen LogP contribution is 2.36. The van der Waals surface area contributed by atoms with E-state index in [2.05, 4.69) is 0 Å². The van der Waals surface area contributed by atoms with Gasteiger partial charge in [0.2, 0.25) is 10.0 Å². The maximum Gasteiger partial charge on any atom is 0.246 e. The third-order valence-corrected chi connectivity index (χ3v) is 6.64. The molecule has 20 heavy (non-hydrogen) atoms. The molecule has 0 bridgehead atoms. The summed E-state index contributed by atoms with van der Waals surface area (Å²) >= 11 is 1.65. The van der Waals surface area contributed by atoms with E-state index in [0.717, 1.165) is 5.56 Å². The molecule has 0 amide bonds. The van der Waals surface area contributed by atoms with E-state index < -0.39 is 15.8 Å². The Morgan fingerprint density at radius 2 is 2.05 bits per heavy atom. The van der Waals surface area contributed by atoms with Gasteiger partial charge in [-0.25, -0.2) is 12.8 Å². The first-order chi connectivity index (χ1) is 9.51. The van der Waals surface area contributed by atoms with E-state index in [-0.39, 0.29) is 10.9 Å². The number of fused-ring (bicyclic) bond motifs is 1. The van der Waals surface area contributed by atoms with Gasteiger partial charge in [0.05, 0.1) is 0 Å². The van der Waals surface area contributed by atoms with Gasteiger partial charge in [0.15, 0.2) is 0 Å². The Bertz CT molecular complexity index is 739. The lowest BCUT2D eigenvalue weighted by molar-refractivity contribution is 0.327. The van der Waals surface area contributed by atoms with Crippen molar-refractivity contribution in [3.63, 3.8) is 0 Å². The SMILES string of the molecule is CC1c2ccsc2CCN1S(=O)(=O)c1ccccc1F. The smallest absolute Gasteiger partial charge is 0.207 e. The highest BCUT2D eigenvalue weighted by Gasteiger charge is 2.35. The number of thiophene rings is 1. The van der Waals surface area contributed by atoms with Gasteiger partial charge >= 0.3 is 0 Å². The van der Waals surface area contributed by atoms with Gasteiger partial charge in [0.25, 0.3) is 0 Å². The van der Waals surface area contributed by atoms with Gasteiger partial charge < -0.3 is 0 Å². The molecule has 3 nitrogen and oxygen atoms in total. The number of halogens is 1. The summed E-state index contributed by atoms with van der Waals surface area (Å²) < 4.78 is 40.5. The fourth-order valence-electron chi connectivity index (χ4n) is 2.60.